The van der Waals surface area contributed by atoms with Crippen molar-refractivity contribution in [3.63, 3.8) is 0 Å². The number of nitrogens with one attached hydrogen (secondary N) is 2. The second kappa shape index (κ2) is 6.39. The third-order valence-corrected chi connectivity index (χ3v) is 2.27. The average Bonchev–Trinajstić information content (AvgIpc) is 2.36. The van der Waals surface area contributed by atoms with Gasteiger partial charge in [-0.15, -0.1) is 0 Å². The van der Waals surface area contributed by atoms with Crippen molar-refractivity contribution in [3.05, 3.63) is 29.3 Å². The van der Waals surface area contributed by atoms with Gasteiger partial charge in [-0.05, 0) is 18.6 Å². The van der Waals surface area contributed by atoms with E-state index in [4.69, 9.17) is 9.84 Å². The molecule has 0 fully saturated rings. The topological polar surface area (TPSA) is 105 Å². The lowest BCUT2D eigenvalue weighted by atomic mass is 10.1. The molecule has 1 aromatic rings. The van der Waals surface area contributed by atoms with E-state index in [-0.39, 0.29) is 11.3 Å². The normalized spacial score (nSPS) is 9.58. The minimum absolute atomic E-state index is 0.0345. The van der Waals surface area contributed by atoms with Crippen LogP contribution in [0.3, 0.4) is 0 Å². The summed E-state index contributed by atoms with van der Waals surface area (Å²) in [5.41, 5.74) is 0.556. The van der Waals surface area contributed by atoms with Gasteiger partial charge in [-0.2, -0.15) is 0 Å². The molecule has 0 aliphatic carbocycles. The van der Waals surface area contributed by atoms with Crippen LogP contribution in [0, 0.1) is 6.92 Å². The minimum Gasteiger partial charge on any atom is -0.483 e. The Labute approximate surface area is 109 Å². The number of hydrogen-bond donors (Lipinski definition) is 3. The molecular weight excluding hydrogens is 252 g/mol. The van der Waals surface area contributed by atoms with Gasteiger partial charge < -0.3 is 15.2 Å². The Morgan fingerprint density at radius 2 is 2.00 bits per heavy atom. The Balaban J connectivity index is 2.75. The van der Waals surface area contributed by atoms with Crippen LogP contribution in [-0.2, 0) is 4.79 Å². The van der Waals surface area contributed by atoms with E-state index in [9.17, 15) is 14.4 Å². The number of carbonyl (C=O) groups excluding carboxylic acids is 2. The second-order valence-corrected chi connectivity index (χ2v) is 3.67. The highest BCUT2D eigenvalue weighted by Gasteiger charge is 2.15. The summed E-state index contributed by atoms with van der Waals surface area (Å²) >= 11 is 0. The lowest BCUT2D eigenvalue weighted by Crippen LogP contribution is -2.40. The molecule has 0 heterocycles. The first-order valence-corrected chi connectivity index (χ1v) is 5.43. The third kappa shape index (κ3) is 3.98. The molecule has 19 heavy (non-hydrogen) atoms. The van der Waals surface area contributed by atoms with Crippen LogP contribution in [0.2, 0.25) is 0 Å². The van der Waals surface area contributed by atoms with Crippen molar-refractivity contribution in [2.24, 2.45) is 0 Å². The average molecular weight is 266 g/mol. The monoisotopic (exact) mass is 266 g/mol. The molecule has 102 valence electrons. The van der Waals surface area contributed by atoms with E-state index in [2.05, 4.69) is 5.32 Å². The smallest absolute Gasteiger partial charge is 0.339 e. The number of carboxylic acid groups (broad SMARTS) is 1. The van der Waals surface area contributed by atoms with Crippen molar-refractivity contribution in [1.29, 1.82) is 0 Å². The zero-order valence-electron chi connectivity index (χ0n) is 10.5. The van der Waals surface area contributed by atoms with E-state index < -0.39 is 24.5 Å². The minimum atomic E-state index is -1.15. The third-order valence-electron chi connectivity index (χ3n) is 2.27. The summed E-state index contributed by atoms with van der Waals surface area (Å²) in [5.74, 6) is -1.70. The first kappa shape index (κ1) is 14.5. The quantitative estimate of drug-likeness (QED) is 0.737. The highest BCUT2D eigenvalue weighted by Crippen LogP contribution is 2.23. The molecule has 0 aliphatic rings. The summed E-state index contributed by atoms with van der Waals surface area (Å²) in [5, 5.41) is 13.2. The van der Waals surface area contributed by atoms with E-state index in [1.807, 2.05) is 5.32 Å². The van der Waals surface area contributed by atoms with E-state index >= 15 is 0 Å². The maximum absolute atomic E-state index is 11.3. The molecule has 3 N–H and O–H groups in total. The molecule has 3 amide bonds. The van der Waals surface area contributed by atoms with Crippen LogP contribution in [0.4, 0.5) is 4.79 Å². The van der Waals surface area contributed by atoms with Gasteiger partial charge in [-0.3, -0.25) is 10.1 Å². The number of imide groups is 1. The van der Waals surface area contributed by atoms with Gasteiger partial charge in [-0.1, -0.05) is 12.1 Å². The molecule has 0 saturated heterocycles. The van der Waals surface area contributed by atoms with Gasteiger partial charge in [0.1, 0.15) is 11.3 Å². The number of hydrogen-bond acceptors (Lipinski definition) is 4. The van der Waals surface area contributed by atoms with Crippen LogP contribution in [0.25, 0.3) is 0 Å². The summed E-state index contributed by atoms with van der Waals surface area (Å²) in [6.45, 7) is 1.22. The number of benzene rings is 1. The van der Waals surface area contributed by atoms with Gasteiger partial charge in [0.05, 0.1) is 0 Å². The Morgan fingerprint density at radius 1 is 1.32 bits per heavy atom. The van der Waals surface area contributed by atoms with Crippen LogP contribution in [0.5, 0.6) is 5.75 Å². The molecule has 0 saturated carbocycles. The molecule has 0 unspecified atom stereocenters. The molecule has 1 aromatic carbocycles. The maximum atomic E-state index is 11.3. The second-order valence-electron chi connectivity index (χ2n) is 3.67. The van der Waals surface area contributed by atoms with Crippen molar-refractivity contribution in [1.82, 2.24) is 10.6 Å². The summed E-state index contributed by atoms with van der Waals surface area (Å²) < 4.78 is 5.16. The number of carbonyl (C=O) groups is 3. The number of aryl methyl sites for hydroxylation is 1. The van der Waals surface area contributed by atoms with Gasteiger partial charge >= 0.3 is 12.0 Å². The van der Waals surface area contributed by atoms with Crippen molar-refractivity contribution >= 4 is 17.9 Å². The Hall–Kier alpha value is -2.57. The van der Waals surface area contributed by atoms with Crippen molar-refractivity contribution in [3.8, 4) is 5.75 Å². The van der Waals surface area contributed by atoms with Gasteiger partial charge in [0, 0.05) is 7.05 Å². The highest BCUT2D eigenvalue weighted by molar-refractivity contribution is 5.95. The zero-order valence-corrected chi connectivity index (χ0v) is 10.5. The first-order valence-electron chi connectivity index (χ1n) is 5.43. The molecule has 0 aromatic heterocycles. The molecule has 1 rings (SSSR count). The number of urea groups is 1. The summed E-state index contributed by atoms with van der Waals surface area (Å²) in [6, 6.07) is 3.97. The van der Waals surface area contributed by atoms with E-state index in [1.54, 1.807) is 19.1 Å². The molecule has 7 heteroatoms. The Bertz CT molecular complexity index is 513. The fourth-order valence-electron chi connectivity index (χ4n) is 1.38. The Kier molecular flexibility index (Phi) is 4.87. The van der Waals surface area contributed by atoms with Crippen LogP contribution < -0.4 is 15.4 Å². The zero-order chi connectivity index (χ0) is 14.4. The molecule has 7 nitrogen and oxygen atoms in total. The largest absolute Gasteiger partial charge is 0.483 e. The Morgan fingerprint density at radius 3 is 2.58 bits per heavy atom. The van der Waals surface area contributed by atoms with Gasteiger partial charge in [-0.25, -0.2) is 9.59 Å². The van der Waals surface area contributed by atoms with Crippen molar-refractivity contribution in [2.45, 2.75) is 6.92 Å². The van der Waals surface area contributed by atoms with Crippen molar-refractivity contribution < 1.29 is 24.2 Å². The first-order chi connectivity index (χ1) is 8.95. The van der Waals surface area contributed by atoms with Crippen LogP contribution in [0.15, 0.2) is 18.2 Å². The lowest BCUT2D eigenvalue weighted by molar-refractivity contribution is -0.122. The number of aromatic carboxylic acids is 1. The number of para-hydroxylation sites is 1. The van der Waals surface area contributed by atoms with Gasteiger partial charge in [0.25, 0.3) is 5.91 Å². The number of amides is 3. The van der Waals surface area contributed by atoms with E-state index in [0.717, 1.165) is 0 Å². The lowest BCUT2D eigenvalue weighted by Gasteiger charge is -2.11. The van der Waals surface area contributed by atoms with E-state index in [1.165, 1.54) is 13.1 Å². The number of carboxylic acids is 1. The molecule has 0 aliphatic heterocycles. The molecule has 0 bridgehead atoms. The fraction of sp³-hybridized carbons (Fsp3) is 0.250. The number of ether oxygens (including phenoxy) is 1. The molecular formula is C12H14N2O5. The highest BCUT2D eigenvalue weighted by atomic mass is 16.5. The molecule has 0 radical (unpaired) electrons. The summed E-state index contributed by atoms with van der Waals surface area (Å²) in [4.78, 5) is 33.2. The molecule has 0 spiro atoms. The SMILES string of the molecule is CNC(=O)NC(=O)COc1c(C)cccc1C(=O)O. The van der Waals surface area contributed by atoms with Crippen LogP contribution in [0.1, 0.15) is 15.9 Å². The maximum Gasteiger partial charge on any atom is 0.339 e. The van der Waals surface area contributed by atoms with E-state index in [0.29, 0.717) is 5.56 Å². The molecule has 0 atom stereocenters. The van der Waals surface area contributed by atoms with Crippen LogP contribution >= 0.6 is 0 Å². The standard InChI is InChI=1S/C12H14N2O5/c1-7-4-3-5-8(11(16)17)10(7)19-6-9(15)14-12(18)13-2/h3-5H,6H2,1-2H3,(H,16,17)(H2,13,14,15,18). The predicted molar refractivity (Wildman–Crippen MR) is 66.2 cm³/mol. The number of rotatable bonds is 4. The summed E-state index contributed by atoms with van der Waals surface area (Å²) in [7, 11) is 1.37. The van der Waals surface area contributed by atoms with Crippen LogP contribution in [-0.4, -0.2) is 36.7 Å². The van der Waals surface area contributed by atoms with Gasteiger partial charge in [0.2, 0.25) is 0 Å². The van der Waals surface area contributed by atoms with Gasteiger partial charge in [0.15, 0.2) is 6.61 Å². The summed E-state index contributed by atoms with van der Waals surface area (Å²) in [6.07, 6.45) is 0. The predicted octanol–water partition coefficient (Wildman–Crippen LogP) is 0.528. The fourth-order valence-corrected chi connectivity index (χ4v) is 1.38. The van der Waals surface area contributed by atoms with Crippen molar-refractivity contribution in [2.75, 3.05) is 13.7 Å².